The van der Waals surface area contributed by atoms with E-state index < -0.39 is 29.1 Å². The van der Waals surface area contributed by atoms with E-state index in [1.807, 2.05) is 6.07 Å². The van der Waals surface area contributed by atoms with Gasteiger partial charge < -0.3 is 10.4 Å². The molecule has 1 atom stereocenters. The minimum Gasteiger partial charge on any atom is -0.380 e. The Labute approximate surface area is 208 Å². The second-order valence-electron chi connectivity index (χ2n) is 8.61. The van der Waals surface area contributed by atoms with Crippen LogP contribution in [0.4, 0.5) is 8.78 Å². The Kier molecular flexibility index (Phi) is 9.67. The maximum Gasteiger partial charge on any atom is 0.251 e. The predicted octanol–water partition coefficient (Wildman–Crippen LogP) is 4.70. The van der Waals surface area contributed by atoms with Crippen LogP contribution in [0.25, 0.3) is 0 Å². The van der Waals surface area contributed by atoms with Crippen molar-refractivity contribution in [2.24, 2.45) is 5.92 Å². The highest BCUT2D eigenvalue weighted by molar-refractivity contribution is 5.94. The summed E-state index contributed by atoms with van der Waals surface area (Å²) in [5, 5.41) is 23.7. The van der Waals surface area contributed by atoms with E-state index in [2.05, 4.69) is 5.32 Å². The summed E-state index contributed by atoms with van der Waals surface area (Å²) in [4.78, 5) is 23.9. The van der Waals surface area contributed by atoms with Crippen LogP contribution < -0.4 is 10.8 Å². The summed E-state index contributed by atoms with van der Waals surface area (Å²) in [6.07, 6.45) is 1.19. The van der Waals surface area contributed by atoms with Gasteiger partial charge in [0.2, 0.25) is 5.91 Å². The van der Waals surface area contributed by atoms with Crippen molar-refractivity contribution in [1.29, 1.82) is 0 Å². The molecule has 0 radical (unpaired) electrons. The van der Waals surface area contributed by atoms with Gasteiger partial charge in [-0.3, -0.25) is 14.8 Å². The average molecular weight is 497 g/mol. The van der Waals surface area contributed by atoms with E-state index in [-0.39, 0.29) is 42.8 Å². The van der Waals surface area contributed by atoms with Gasteiger partial charge in [-0.1, -0.05) is 54.6 Å². The lowest BCUT2D eigenvalue weighted by atomic mass is 9.71. The van der Waals surface area contributed by atoms with E-state index in [0.717, 1.165) is 0 Å². The molecule has 36 heavy (non-hydrogen) atoms. The number of carbonyl (C=O) groups excluding carboxylic acids is 2. The second kappa shape index (κ2) is 12.9. The van der Waals surface area contributed by atoms with Crippen LogP contribution in [0.15, 0.2) is 78.9 Å². The topological polar surface area (TPSA) is 98.7 Å². The van der Waals surface area contributed by atoms with Gasteiger partial charge >= 0.3 is 0 Å². The predicted molar refractivity (Wildman–Crippen MR) is 131 cm³/mol. The smallest absolute Gasteiger partial charge is 0.251 e. The third-order valence-corrected chi connectivity index (χ3v) is 6.29. The van der Waals surface area contributed by atoms with Gasteiger partial charge in [0.15, 0.2) is 0 Å². The molecule has 0 aliphatic heterocycles. The van der Waals surface area contributed by atoms with Crippen LogP contribution >= 0.6 is 0 Å². The third kappa shape index (κ3) is 6.53. The zero-order valence-corrected chi connectivity index (χ0v) is 19.8. The number of nitrogens with one attached hydrogen (secondary N) is 2. The zero-order valence-electron chi connectivity index (χ0n) is 19.8. The number of amides is 2. The molecule has 190 valence electrons. The fourth-order valence-electron chi connectivity index (χ4n) is 4.49. The van der Waals surface area contributed by atoms with Crippen molar-refractivity contribution in [2.45, 2.75) is 37.7 Å². The summed E-state index contributed by atoms with van der Waals surface area (Å²) in [5.74, 6) is -2.90. The first-order chi connectivity index (χ1) is 17.4. The molecule has 1 unspecified atom stereocenters. The lowest BCUT2D eigenvalue weighted by molar-refractivity contribution is -0.129. The molecule has 0 heterocycles. The molecule has 3 aromatic rings. The van der Waals surface area contributed by atoms with E-state index in [9.17, 15) is 14.7 Å². The molecule has 2 amide bonds. The van der Waals surface area contributed by atoms with Crippen molar-refractivity contribution in [3.8, 4) is 0 Å². The van der Waals surface area contributed by atoms with Crippen LogP contribution in [-0.4, -0.2) is 28.7 Å². The van der Waals surface area contributed by atoms with Crippen LogP contribution in [-0.2, 0) is 10.4 Å². The highest BCUT2D eigenvalue weighted by atomic mass is 19.1. The molecule has 0 saturated heterocycles. The van der Waals surface area contributed by atoms with Crippen molar-refractivity contribution in [3.05, 3.63) is 107 Å². The molecule has 3 rings (SSSR count). The van der Waals surface area contributed by atoms with Crippen LogP contribution in [0.1, 0.15) is 53.6 Å². The minimum absolute atomic E-state index is 0.0254. The molecule has 3 aromatic carbocycles. The lowest BCUT2D eigenvalue weighted by Gasteiger charge is -2.38. The Morgan fingerprint density at radius 2 is 1.33 bits per heavy atom. The minimum atomic E-state index is -2.03. The standard InChI is InChI=1S/C28H30F2N2O4/c29-24-16-6-4-14-22(24)28(35,23-15-5-7-17-25(23)30)21(12-8-18-26(33)32-36)13-9-19-31-27(34)20-10-2-1-3-11-20/h1-7,10-11,14-17,21,35-36H,8-9,12-13,18-19H2,(H,31,34)(H,32,33). The van der Waals surface area contributed by atoms with Crippen LogP contribution in [0, 0.1) is 17.6 Å². The molecule has 0 saturated carbocycles. The Morgan fingerprint density at radius 3 is 1.89 bits per heavy atom. The Hall–Kier alpha value is -3.62. The number of benzene rings is 3. The maximum atomic E-state index is 15.0. The third-order valence-electron chi connectivity index (χ3n) is 6.29. The molecule has 0 fully saturated rings. The van der Waals surface area contributed by atoms with E-state index in [0.29, 0.717) is 18.4 Å². The highest BCUT2D eigenvalue weighted by Gasteiger charge is 2.43. The molecule has 0 aliphatic carbocycles. The summed E-state index contributed by atoms with van der Waals surface area (Å²) in [6.45, 7) is 0.284. The van der Waals surface area contributed by atoms with Gasteiger partial charge in [-0.25, -0.2) is 14.3 Å². The van der Waals surface area contributed by atoms with E-state index in [1.165, 1.54) is 36.4 Å². The van der Waals surface area contributed by atoms with Crippen LogP contribution in [0.3, 0.4) is 0 Å². The molecule has 0 spiro atoms. The molecular weight excluding hydrogens is 466 g/mol. The molecule has 6 nitrogen and oxygen atoms in total. The van der Waals surface area contributed by atoms with Crippen molar-refractivity contribution in [2.75, 3.05) is 6.54 Å². The molecular formula is C28H30F2N2O4. The highest BCUT2D eigenvalue weighted by Crippen LogP contribution is 2.43. The normalized spacial score (nSPS) is 12.1. The second-order valence-corrected chi connectivity index (χ2v) is 8.61. The number of halogens is 2. The summed E-state index contributed by atoms with van der Waals surface area (Å²) < 4.78 is 30.0. The van der Waals surface area contributed by atoms with E-state index in [1.54, 1.807) is 41.9 Å². The van der Waals surface area contributed by atoms with Gasteiger partial charge in [-0.05, 0) is 55.9 Å². The van der Waals surface area contributed by atoms with Crippen LogP contribution in [0.5, 0.6) is 0 Å². The first kappa shape index (κ1) is 27.0. The summed E-state index contributed by atoms with van der Waals surface area (Å²) in [6, 6.07) is 20.1. The SMILES string of the molecule is O=C(CCCC(CCCNC(=O)c1ccccc1)C(O)(c1ccccc1F)c1ccccc1F)NO. The van der Waals surface area contributed by atoms with Crippen molar-refractivity contribution in [1.82, 2.24) is 10.8 Å². The first-order valence-electron chi connectivity index (χ1n) is 11.9. The monoisotopic (exact) mass is 496 g/mol. The Balaban J connectivity index is 1.87. The number of hydrogen-bond acceptors (Lipinski definition) is 4. The molecule has 0 aliphatic rings. The van der Waals surface area contributed by atoms with E-state index >= 15 is 8.78 Å². The van der Waals surface area contributed by atoms with E-state index in [4.69, 9.17) is 5.21 Å². The van der Waals surface area contributed by atoms with Crippen molar-refractivity contribution < 1.29 is 28.7 Å². The number of aliphatic hydroxyl groups is 1. The Bertz CT molecular complexity index is 1110. The largest absolute Gasteiger partial charge is 0.380 e. The summed E-state index contributed by atoms with van der Waals surface area (Å²) >= 11 is 0. The molecule has 8 heteroatoms. The van der Waals surface area contributed by atoms with Gasteiger partial charge in [0, 0.05) is 29.7 Å². The van der Waals surface area contributed by atoms with Gasteiger partial charge in [0.25, 0.3) is 5.91 Å². The summed E-state index contributed by atoms with van der Waals surface area (Å²) in [7, 11) is 0. The molecule has 4 N–H and O–H groups in total. The fourth-order valence-corrected chi connectivity index (χ4v) is 4.49. The van der Waals surface area contributed by atoms with Crippen LogP contribution in [0.2, 0.25) is 0 Å². The van der Waals surface area contributed by atoms with Gasteiger partial charge in [-0.15, -0.1) is 0 Å². The number of hydroxylamine groups is 1. The maximum absolute atomic E-state index is 15.0. The lowest BCUT2D eigenvalue weighted by Crippen LogP contribution is -2.39. The Morgan fingerprint density at radius 1 is 0.806 bits per heavy atom. The molecule has 0 aromatic heterocycles. The van der Waals surface area contributed by atoms with Gasteiger partial charge in [0.1, 0.15) is 17.2 Å². The average Bonchev–Trinajstić information content (AvgIpc) is 2.90. The fraction of sp³-hybridized carbons (Fsp3) is 0.286. The number of rotatable bonds is 12. The number of carbonyl (C=O) groups is 2. The van der Waals surface area contributed by atoms with Crippen molar-refractivity contribution in [3.63, 3.8) is 0 Å². The van der Waals surface area contributed by atoms with Crippen molar-refractivity contribution >= 4 is 11.8 Å². The van der Waals surface area contributed by atoms with Gasteiger partial charge in [-0.2, -0.15) is 0 Å². The number of hydrogen-bond donors (Lipinski definition) is 4. The quantitative estimate of drug-likeness (QED) is 0.166. The summed E-state index contributed by atoms with van der Waals surface area (Å²) in [5.41, 5.74) is -0.0880. The van der Waals surface area contributed by atoms with Gasteiger partial charge in [0.05, 0.1) is 0 Å². The zero-order chi connectivity index (χ0) is 26.0. The molecule has 0 bridgehead atoms. The first-order valence-corrected chi connectivity index (χ1v) is 11.9.